The molecular weight excluding hydrogens is 292 g/mol. The van der Waals surface area contributed by atoms with E-state index in [1.54, 1.807) is 0 Å². The molecule has 0 saturated carbocycles. The topological polar surface area (TPSA) is 45.4 Å². The minimum Gasteiger partial charge on any atom is -0.357 e. The van der Waals surface area contributed by atoms with Gasteiger partial charge in [0.2, 0.25) is 0 Å². The molecule has 102 valence electrons. The number of rotatable bonds is 7. The van der Waals surface area contributed by atoms with Crippen LogP contribution in [0.2, 0.25) is 0 Å². The van der Waals surface area contributed by atoms with Gasteiger partial charge in [-0.25, -0.2) is 4.98 Å². The SMILES string of the molecule is CCN(CCCN(C)C)c1ncc(Br)cc1CN. The number of pyridine rings is 1. The molecular formula is C13H23BrN4. The number of nitrogens with zero attached hydrogens (tertiary/aromatic N) is 3. The van der Waals surface area contributed by atoms with Gasteiger partial charge in [-0.3, -0.25) is 0 Å². The third kappa shape index (κ3) is 4.55. The Balaban J connectivity index is 2.75. The van der Waals surface area contributed by atoms with Gasteiger partial charge in [-0.2, -0.15) is 0 Å². The lowest BCUT2D eigenvalue weighted by Crippen LogP contribution is -2.29. The molecule has 1 aromatic rings. The van der Waals surface area contributed by atoms with Gasteiger partial charge in [-0.05, 0) is 56.0 Å². The zero-order valence-electron chi connectivity index (χ0n) is 11.5. The van der Waals surface area contributed by atoms with Crippen LogP contribution in [0.5, 0.6) is 0 Å². The van der Waals surface area contributed by atoms with Crippen LogP contribution in [0.1, 0.15) is 18.9 Å². The fourth-order valence-electron chi connectivity index (χ4n) is 1.90. The molecule has 0 unspecified atom stereocenters. The first-order valence-corrected chi connectivity index (χ1v) is 7.12. The Morgan fingerprint density at radius 1 is 1.33 bits per heavy atom. The quantitative estimate of drug-likeness (QED) is 0.837. The molecule has 18 heavy (non-hydrogen) atoms. The lowest BCUT2D eigenvalue weighted by molar-refractivity contribution is 0.400. The van der Waals surface area contributed by atoms with E-state index in [2.05, 4.69) is 57.8 Å². The average molecular weight is 315 g/mol. The number of hydrogen-bond acceptors (Lipinski definition) is 4. The van der Waals surface area contributed by atoms with E-state index in [0.717, 1.165) is 41.9 Å². The first-order valence-electron chi connectivity index (χ1n) is 6.32. The van der Waals surface area contributed by atoms with Gasteiger partial charge >= 0.3 is 0 Å². The third-order valence-electron chi connectivity index (χ3n) is 2.84. The predicted octanol–water partition coefficient (Wildman–Crippen LogP) is 2.08. The summed E-state index contributed by atoms with van der Waals surface area (Å²) in [6.07, 6.45) is 2.96. The first-order chi connectivity index (χ1) is 8.58. The summed E-state index contributed by atoms with van der Waals surface area (Å²) in [4.78, 5) is 8.99. The van der Waals surface area contributed by atoms with Crippen LogP contribution in [0.4, 0.5) is 5.82 Å². The summed E-state index contributed by atoms with van der Waals surface area (Å²) in [5.41, 5.74) is 6.89. The molecule has 0 aliphatic rings. The van der Waals surface area contributed by atoms with Crippen molar-refractivity contribution in [2.24, 2.45) is 5.73 Å². The second kappa shape index (κ2) is 7.71. The van der Waals surface area contributed by atoms with Gasteiger partial charge in [-0.1, -0.05) is 0 Å². The monoisotopic (exact) mass is 314 g/mol. The van der Waals surface area contributed by atoms with Crippen LogP contribution < -0.4 is 10.6 Å². The second-order valence-electron chi connectivity index (χ2n) is 4.58. The van der Waals surface area contributed by atoms with Crippen molar-refractivity contribution in [1.29, 1.82) is 0 Å². The van der Waals surface area contributed by atoms with E-state index in [-0.39, 0.29) is 0 Å². The molecule has 0 saturated heterocycles. The zero-order valence-corrected chi connectivity index (χ0v) is 13.1. The van der Waals surface area contributed by atoms with Crippen molar-refractivity contribution in [2.75, 3.05) is 38.6 Å². The smallest absolute Gasteiger partial charge is 0.133 e. The maximum absolute atomic E-state index is 5.79. The lowest BCUT2D eigenvalue weighted by Gasteiger charge is -2.25. The Bertz CT molecular complexity index is 368. The van der Waals surface area contributed by atoms with E-state index in [1.807, 2.05) is 6.20 Å². The van der Waals surface area contributed by atoms with Gasteiger partial charge in [-0.15, -0.1) is 0 Å². The summed E-state index contributed by atoms with van der Waals surface area (Å²) in [6, 6.07) is 2.05. The van der Waals surface area contributed by atoms with Gasteiger partial charge in [0.25, 0.3) is 0 Å². The minimum atomic E-state index is 0.520. The molecule has 0 aromatic carbocycles. The van der Waals surface area contributed by atoms with Crippen molar-refractivity contribution < 1.29 is 0 Å². The fourth-order valence-corrected chi connectivity index (χ4v) is 2.28. The van der Waals surface area contributed by atoms with Crippen LogP contribution in [0.15, 0.2) is 16.7 Å². The van der Waals surface area contributed by atoms with Gasteiger partial charge in [0.15, 0.2) is 0 Å². The molecule has 0 fully saturated rings. The normalized spacial score (nSPS) is 11.0. The minimum absolute atomic E-state index is 0.520. The maximum Gasteiger partial charge on any atom is 0.133 e. The summed E-state index contributed by atoms with van der Waals surface area (Å²) in [5.74, 6) is 1.02. The van der Waals surface area contributed by atoms with Crippen molar-refractivity contribution in [2.45, 2.75) is 19.9 Å². The highest BCUT2D eigenvalue weighted by Crippen LogP contribution is 2.21. The molecule has 0 amide bonds. The molecule has 2 N–H and O–H groups in total. The number of halogens is 1. The molecule has 1 rings (SSSR count). The van der Waals surface area contributed by atoms with E-state index >= 15 is 0 Å². The molecule has 1 aromatic heterocycles. The molecule has 1 heterocycles. The summed E-state index contributed by atoms with van der Waals surface area (Å²) >= 11 is 3.44. The van der Waals surface area contributed by atoms with Crippen molar-refractivity contribution >= 4 is 21.7 Å². The highest BCUT2D eigenvalue weighted by Gasteiger charge is 2.11. The van der Waals surface area contributed by atoms with Crippen molar-refractivity contribution in [3.05, 3.63) is 22.3 Å². The predicted molar refractivity (Wildman–Crippen MR) is 80.9 cm³/mol. The molecule has 5 heteroatoms. The first kappa shape index (κ1) is 15.4. The molecule has 0 radical (unpaired) electrons. The third-order valence-corrected chi connectivity index (χ3v) is 3.28. The van der Waals surface area contributed by atoms with Crippen LogP contribution in [0, 0.1) is 0 Å². The summed E-state index contributed by atoms with van der Waals surface area (Å²) in [5, 5.41) is 0. The standard InChI is InChI=1S/C13H23BrN4/c1-4-18(7-5-6-17(2)3)13-11(9-15)8-12(14)10-16-13/h8,10H,4-7,9,15H2,1-3H3. The van der Waals surface area contributed by atoms with Crippen LogP contribution in [0.25, 0.3) is 0 Å². The Hall–Kier alpha value is -0.650. The van der Waals surface area contributed by atoms with Crippen LogP contribution >= 0.6 is 15.9 Å². The highest BCUT2D eigenvalue weighted by atomic mass is 79.9. The number of aromatic nitrogens is 1. The average Bonchev–Trinajstić information content (AvgIpc) is 2.34. The molecule has 0 bridgehead atoms. The molecule has 0 atom stereocenters. The van der Waals surface area contributed by atoms with Crippen LogP contribution in [-0.4, -0.2) is 43.6 Å². The molecule has 0 aliphatic carbocycles. The van der Waals surface area contributed by atoms with Gasteiger partial charge in [0.1, 0.15) is 5.82 Å². The Labute approximate surface area is 118 Å². The van der Waals surface area contributed by atoms with Gasteiger partial charge < -0.3 is 15.5 Å². The second-order valence-corrected chi connectivity index (χ2v) is 5.49. The number of anilines is 1. The maximum atomic E-state index is 5.79. The highest BCUT2D eigenvalue weighted by molar-refractivity contribution is 9.10. The van der Waals surface area contributed by atoms with Crippen LogP contribution in [-0.2, 0) is 6.54 Å². The van der Waals surface area contributed by atoms with Gasteiger partial charge in [0, 0.05) is 35.9 Å². The lowest BCUT2D eigenvalue weighted by atomic mass is 10.2. The van der Waals surface area contributed by atoms with Crippen molar-refractivity contribution in [3.63, 3.8) is 0 Å². The summed E-state index contributed by atoms with van der Waals surface area (Å²) < 4.78 is 0.982. The van der Waals surface area contributed by atoms with Crippen molar-refractivity contribution in [3.8, 4) is 0 Å². The van der Waals surface area contributed by atoms with E-state index in [0.29, 0.717) is 6.54 Å². The summed E-state index contributed by atoms with van der Waals surface area (Å²) in [6.45, 7) is 5.72. The summed E-state index contributed by atoms with van der Waals surface area (Å²) in [7, 11) is 4.19. The largest absolute Gasteiger partial charge is 0.357 e. The fraction of sp³-hybridized carbons (Fsp3) is 0.615. The van der Waals surface area contributed by atoms with Crippen molar-refractivity contribution in [1.82, 2.24) is 9.88 Å². The number of nitrogens with two attached hydrogens (primary N) is 1. The molecule has 0 spiro atoms. The van der Waals surface area contributed by atoms with E-state index in [1.165, 1.54) is 0 Å². The molecule has 4 nitrogen and oxygen atoms in total. The Morgan fingerprint density at radius 2 is 2.06 bits per heavy atom. The van der Waals surface area contributed by atoms with Crippen LogP contribution in [0.3, 0.4) is 0 Å². The number of hydrogen-bond donors (Lipinski definition) is 1. The Morgan fingerprint density at radius 3 is 2.61 bits per heavy atom. The molecule has 0 aliphatic heterocycles. The van der Waals surface area contributed by atoms with E-state index in [4.69, 9.17) is 5.73 Å². The van der Waals surface area contributed by atoms with Gasteiger partial charge in [0.05, 0.1) is 0 Å². The Kier molecular flexibility index (Phi) is 6.60. The van der Waals surface area contributed by atoms with E-state index in [9.17, 15) is 0 Å². The van der Waals surface area contributed by atoms with E-state index < -0.39 is 0 Å². The zero-order chi connectivity index (χ0) is 13.5.